The maximum Gasteiger partial charge on any atom is 0.258 e. The van der Waals surface area contributed by atoms with E-state index in [-0.39, 0.29) is 31.8 Å². The maximum absolute atomic E-state index is 13.6. The van der Waals surface area contributed by atoms with E-state index in [1.165, 1.54) is 12.1 Å². The number of aryl methyl sites for hydroxylation is 1. The normalized spacial score (nSPS) is 19.9. The highest BCUT2D eigenvalue weighted by Gasteiger charge is 2.34. The van der Waals surface area contributed by atoms with Crippen molar-refractivity contribution < 1.29 is 13.6 Å². The van der Waals surface area contributed by atoms with Crippen molar-refractivity contribution in [2.45, 2.75) is 50.9 Å². The summed E-state index contributed by atoms with van der Waals surface area (Å²) in [6.07, 6.45) is -0.372. The molecular weight excluding hydrogens is 440 g/mol. The zero-order valence-electron chi connectivity index (χ0n) is 19.6. The lowest BCUT2D eigenvalue weighted by atomic mass is 10.1. The van der Waals surface area contributed by atoms with Crippen LogP contribution in [0.15, 0.2) is 30.3 Å². The van der Waals surface area contributed by atoms with Gasteiger partial charge in [-0.2, -0.15) is 0 Å². The van der Waals surface area contributed by atoms with Crippen molar-refractivity contribution in [3.63, 3.8) is 0 Å². The number of aromatic nitrogens is 1. The highest BCUT2D eigenvalue weighted by atomic mass is 28.3. The molecule has 0 bridgehead atoms. The first-order chi connectivity index (χ1) is 15.5. The standard InChI is InChI=1S/C24H33F2N5OSi/c1-17-14-21(28-22(15-17)31-8-6-24(25,26)7-9-31)29-23(32)19-5-4-18(27)16-20(19)30-10-12-33(2,3)13-11-30/h4-5,14-16H,6-13,27H2,1-3H3,(H,28,29,32). The second kappa shape index (κ2) is 8.93. The molecule has 9 heteroatoms. The van der Waals surface area contributed by atoms with Crippen LogP contribution in [0.5, 0.6) is 0 Å². The minimum Gasteiger partial charge on any atom is -0.399 e. The van der Waals surface area contributed by atoms with Crippen LogP contribution in [0.25, 0.3) is 0 Å². The molecule has 3 heterocycles. The molecular formula is C24H33F2N5OSi. The lowest BCUT2D eigenvalue weighted by Crippen LogP contribution is -2.43. The number of nitrogens with one attached hydrogen (secondary N) is 1. The summed E-state index contributed by atoms with van der Waals surface area (Å²) in [5, 5.41) is 2.93. The number of amides is 1. The molecule has 1 amide bonds. The summed E-state index contributed by atoms with van der Waals surface area (Å²) in [6, 6.07) is 11.4. The Hall–Kier alpha value is -2.68. The van der Waals surface area contributed by atoms with Crippen molar-refractivity contribution >= 4 is 37.0 Å². The van der Waals surface area contributed by atoms with E-state index in [4.69, 9.17) is 5.73 Å². The Balaban J connectivity index is 1.54. The number of piperidine rings is 1. The highest BCUT2D eigenvalue weighted by Crippen LogP contribution is 2.32. The van der Waals surface area contributed by atoms with Gasteiger partial charge in [0.05, 0.1) is 19.3 Å². The molecule has 2 fully saturated rings. The number of benzene rings is 1. The van der Waals surface area contributed by atoms with Crippen LogP contribution in [0.2, 0.25) is 25.2 Å². The van der Waals surface area contributed by atoms with Crippen LogP contribution in [0, 0.1) is 6.92 Å². The predicted molar refractivity (Wildman–Crippen MR) is 133 cm³/mol. The summed E-state index contributed by atoms with van der Waals surface area (Å²) >= 11 is 0. The Morgan fingerprint density at radius 2 is 1.73 bits per heavy atom. The highest BCUT2D eigenvalue weighted by molar-refractivity contribution is 6.77. The van der Waals surface area contributed by atoms with E-state index >= 15 is 0 Å². The van der Waals surface area contributed by atoms with Crippen molar-refractivity contribution in [3.05, 3.63) is 41.5 Å². The van der Waals surface area contributed by atoms with E-state index in [1.807, 2.05) is 24.0 Å². The van der Waals surface area contributed by atoms with Gasteiger partial charge in [0.15, 0.2) is 0 Å². The lowest BCUT2D eigenvalue weighted by Gasteiger charge is -2.37. The number of carbonyl (C=O) groups is 1. The van der Waals surface area contributed by atoms with Gasteiger partial charge < -0.3 is 20.9 Å². The Labute approximate surface area is 195 Å². The van der Waals surface area contributed by atoms with Crippen molar-refractivity contribution in [2.24, 2.45) is 0 Å². The first-order valence-corrected chi connectivity index (χ1v) is 15.0. The summed E-state index contributed by atoms with van der Waals surface area (Å²) in [5.41, 5.74) is 9.01. The smallest absolute Gasteiger partial charge is 0.258 e. The third-order valence-corrected chi connectivity index (χ3v) is 9.90. The minimum absolute atomic E-state index is 0.186. The first-order valence-electron chi connectivity index (χ1n) is 11.6. The van der Waals surface area contributed by atoms with Gasteiger partial charge in [-0.05, 0) is 54.9 Å². The van der Waals surface area contributed by atoms with Crippen LogP contribution in [0.3, 0.4) is 0 Å². The topological polar surface area (TPSA) is 74.5 Å². The molecule has 0 unspecified atom stereocenters. The molecule has 33 heavy (non-hydrogen) atoms. The summed E-state index contributed by atoms with van der Waals surface area (Å²) in [6.45, 7) is 9.06. The van der Waals surface area contributed by atoms with E-state index in [0.29, 0.717) is 22.9 Å². The van der Waals surface area contributed by atoms with E-state index in [0.717, 1.165) is 24.3 Å². The van der Waals surface area contributed by atoms with E-state index in [1.54, 1.807) is 18.2 Å². The molecule has 0 atom stereocenters. The zero-order chi connectivity index (χ0) is 23.8. The SMILES string of the molecule is Cc1cc(NC(=O)c2ccc(N)cc2N2CC[Si](C)(C)CC2)nc(N2CCC(F)(F)CC2)c1. The van der Waals surface area contributed by atoms with Crippen molar-refractivity contribution in [2.75, 3.05) is 47.0 Å². The Morgan fingerprint density at radius 3 is 2.39 bits per heavy atom. The van der Waals surface area contributed by atoms with Crippen molar-refractivity contribution in [3.8, 4) is 0 Å². The van der Waals surface area contributed by atoms with Crippen molar-refractivity contribution in [1.29, 1.82) is 0 Å². The number of pyridine rings is 1. The fraction of sp³-hybridized carbons (Fsp3) is 0.500. The number of rotatable bonds is 4. The number of alkyl halides is 2. The van der Waals surface area contributed by atoms with Gasteiger partial charge in [0.25, 0.3) is 11.8 Å². The van der Waals surface area contributed by atoms with Crippen molar-refractivity contribution in [1.82, 2.24) is 4.98 Å². The van der Waals surface area contributed by atoms with Crippen LogP contribution in [-0.2, 0) is 0 Å². The van der Waals surface area contributed by atoms with Crippen LogP contribution in [-0.4, -0.2) is 51.1 Å². The van der Waals surface area contributed by atoms with E-state index < -0.39 is 14.0 Å². The third-order valence-electron chi connectivity index (χ3n) is 6.74. The van der Waals surface area contributed by atoms with Gasteiger partial charge in [0.1, 0.15) is 11.6 Å². The van der Waals surface area contributed by atoms with E-state index in [9.17, 15) is 13.6 Å². The molecule has 2 aliphatic rings. The second-order valence-corrected chi connectivity index (χ2v) is 15.4. The summed E-state index contributed by atoms with van der Waals surface area (Å²) < 4.78 is 27.1. The number of nitrogens with zero attached hydrogens (tertiary/aromatic N) is 3. The lowest BCUT2D eigenvalue weighted by molar-refractivity contribution is -0.0221. The quantitative estimate of drug-likeness (QED) is 0.483. The molecule has 0 radical (unpaired) electrons. The Bertz CT molecular complexity index is 1030. The average molecular weight is 474 g/mol. The van der Waals surface area contributed by atoms with Gasteiger partial charge in [0.2, 0.25) is 0 Å². The second-order valence-electron chi connectivity index (χ2n) is 10.1. The number of nitrogen functional groups attached to an aromatic ring is 1. The van der Waals surface area contributed by atoms with Crippen LogP contribution < -0.4 is 20.9 Å². The minimum atomic E-state index is -2.62. The molecule has 2 aromatic rings. The van der Waals surface area contributed by atoms with Gasteiger partial charge >= 0.3 is 0 Å². The number of nitrogens with two attached hydrogens (primary N) is 1. The van der Waals surface area contributed by atoms with Gasteiger partial charge in [-0.3, -0.25) is 4.79 Å². The number of anilines is 4. The number of hydrogen-bond donors (Lipinski definition) is 2. The van der Waals surface area contributed by atoms with Crippen LogP contribution >= 0.6 is 0 Å². The van der Waals surface area contributed by atoms with Gasteiger partial charge in [-0.15, -0.1) is 0 Å². The summed E-state index contributed by atoms with van der Waals surface area (Å²) in [5.74, 6) is -1.83. The van der Waals surface area contributed by atoms with Crippen LogP contribution in [0.1, 0.15) is 28.8 Å². The number of hydrogen-bond acceptors (Lipinski definition) is 5. The molecule has 1 aromatic heterocycles. The molecule has 178 valence electrons. The average Bonchev–Trinajstić information content (AvgIpc) is 2.73. The zero-order valence-corrected chi connectivity index (χ0v) is 20.6. The van der Waals surface area contributed by atoms with Gasteiger partial charge in [-0.25, -0.2) is 13.8 Å². The Kier molecular flexibility index (Phi) is 6.35. The summed E-state index contributed by atoms with van der Waals surface area (Å²) in [4.78, 5) is 22.0. The van der Waals surface area contributed by atoms with Gasteiger partial charge in [-0.1, -0.05) is 13.1 Å². The molecule has 2 saturated heterocycles. The molecule has 4 rings (SSSR count). The fourth-order valence-corrected chi connectivity index (χ4v) is 6.48. The fourth-order valence-electron chi connectivity index (χ4n) is 4.48. The maximum atomic E-state index is 13.6. The number of halogens is 2. The number of carbonyl (C=O) groups excluding carboxylic acids is 1. The molecule has 0 saturated carbocycles. The molecule has 2 aliphatic heterocycles. The van der Waals surface area contributed by atoms with Gasteiger partial charge in [0, 0.05) is 44.7 Å². The molecule has 0 aliphatic carbocycles. The third kappa shape index (κ3) is 5.63. The largest absolute Gasteiger partial charge is 0.399 e. The molecule has 3 N–H and O–H groups in total. The molecule has 0 spiro atoms. The Morgan fingerprint density at radius 1 is 1.06 bits per heavy atom. The van der Waals surface area contributed by atoms with E-state index in [2.05, 4.69) is 28.3 Å². The predicted octanol–water partition coefficient (Wildman–Crippen LogP) is 4.99. The molecule has 6 nitrogen and oxygen atoms in total. The monoisotopic (exact) mass is 473 g/mol. The first kappa shape index (κ1) is 23.5. The molecule has 1 aromatic carbocycles. The summed E-state index contributed by atoms with van der Waals surface area (Å²) in [7, 11) is -1.16. The van der Waals surface area contributed by atoms with Crippen LogP contribution in [0.4, 0.5) is 31.8 Å².